The maximum atomic E-state index is 5.34. The van der Waals surface area contributed by atoms with Crippen molar-refractivity contribution in [2.75, 3.05) is 13.2 Å². The first kappa shape index (κ1) is 10.8. The zero-order chi connectivity index (χ0) is 10.2. The lowest BCUT2D eigenvalue weighted by molar-refractivity contribution is 0.270. The van der Waals surface area contributed by atoms with Crippen molar-refractivity contribution >= 4 is 0 Å². The second-order valence-corrected chi connectivity index (χ2v) is 2.87. The van der Waals surface area contributed by atoms with Crippen molar-refractivity contribution in [3.05, 3.63) is 12.3 Å². The molecular weight excluding hydrogens is 180 g/mol. The van der Waals surface area contributed by atoms with Gasteiger partial charge in [0.2, 0.25) is 5.88 Å². The van der Waals surface area contributed by atoms with Crippen molar-refractivity contribution < 1.29 is 9.47 Å². The fourth-order valence-corrected chi connectivity index (χ4v) is 0.875. The van der Waals surface area contributed by atoms with Crippen molar-refractivity contribution in [2.45, 2.75) is 26.7 Å². The van der Waals surface area contributed by atoms with Crippen LogP contribution < -0.4 is 9.47 Å². The molecule has 0 N–H and O–H groups in total. The van der Waals surface area contributed by atoms with E-state index in [0.29, 0.717) is 25.1 Å². The Morgan fingerprint density at radius 2 is 1.86 bits per heavy atom. The van der Waals surface area contributed by atoms with E-state index in [2.05, 4.69) is 16.9 Å². The molecular formula is C10H16N2O2. The average Bonchev–Trinajstić information content (AvgIpc) is 2.24. The van der Waals surface area contributed by atoms with E-state index in [0.717, 1.165) is 12.8 Å². The summed E-state index contributed by atoms with van der Waals surface area (Å²) >= 11 is 0. The van der Waals surface area contributed by atoms with Crippen molar-refractivity contribution in [3.63, 3.8) is 0 Å². The van der Waals surface area contributed by atoms with Crippen LogP contribution in [0.25, 0.3) is 0 Å². The summed E-state index contributed by atoms with van der Waals surface area (Å²) in [5.74, 6) is 0.577. The highest BCUT2D eigenvalue weighted by molar-refractivity contribution is 5.10. The van der Waals surface area contributed by atoms with Crippen LogP contribution in [0.15, 0.2) is 12.3 Å². The fourth-order valence-electron chi connectivity index (χ4n) is 0.875. The number of hydrogen-bond acceptors (Lipinski definition) is 4. The molecule has 0 aliphatic heterocycles. The molecule has 0 aliphatic carbocycles. The number of aromatic nitrogens is 2. The van der Waals surface area contributed by atoms with Gasteiger partial charge in [-0.15, -0.1) is 0 Å². The molecule has 1 aromatic heterocycles. The quantitative estimate of drug-likeness (QED) is 0.698. The maximum Gasteiger partial charge on any atom is 0.319 e. The number of rotatable bonds is 6. The van der Waals surface area contributed by atoms with Crippen LogP contribution in [0.5, 0.6) is 11.9 Å². The van der Waals surface area contributed by atoms with E-state index in [9.17, 15) is 0 Å². The lowest BCUT2D eigenvalue weighted by Crippen LogP contribution is -2.02. The summed E-state index contributed by atoms with van der Waals surface area (Å²) in [7, 11) is 0. The lowest BCUT2D eigenvalue weighted by atomic mass is 10.5. The predicted molar refractivity (Wildman–Crippen MR) is 53.6 cm³/mol. The van der Waals surface area contributed by atoms with Gasteiger partial charge in [-0.25, -0.2) is 4.98 Å². The fraction of sp³-hybridized carbons (Fsp3) is 0.600. The third-order valence-corrected chi connectivity index (χ3v) is 1.50. The second-order valence-electron chi connectivity index (χ2n) is 2.87. The predicted octanol–water partition coefficient (Wildman–Crippen LogP) is 2.05. The van der Waals surface area contributed by atoms with Crippen molar-refractivity contribution in [1.82, 2.24) is 9.97 Å². The van der Waals surface area contributed by atoms with Gasteiger partial charge in [0.25, 0.3) is 0 Å². The second kappa shape index (κ2) is 6.18. The minimum Gasteiger partial charge on any atom is -0.478 e. The van der Waals surface area contributed by atoms with E-state index >= 15 is 0 Å². The molecule has 1 heterocycles. The van der Waals surface area contributed by atoms with E-state index < -0.39 is 0 Å². The van der Waals surface area contributed by atoms with Crippen molar-refractivity contribution in [2.24, 2.45) is 0 Å². The third-order valence-electron chi connectivity index (χ3n) is 1.50. The molecule has 0 saturated heterocycles. The summed E-state index contributed by atoms with van der Waals surface area (Å²) in [6.45, 7) is 5.40. The summed E-state index contributed by atoms with van der Waals surface area (Å²) in [6, 6.07) is 2.12. The first-order valence-electron chi connectivity index (χ1n) is 4.95. The molecule has 0 bridgehead atoms. The van der Waals surface area contributed by atoms with Gasteiger partial charge in [0, 0.05) is 12.3 Å². The normalized spacial score (nSPS) is 9.86. The van der Waals surface area contributed by atoms with Crippen molar-refractivity contribution in [1.29, 1.82) is 0 Å². The van der Waals surface area contributed by atoms with E-state index in [-0.39, 0.29) is 0 Å². The van der Waals surface area contributed by atoms with Gasteiger partial charge in [-0.2, -0.15) is 4.98 Å². The van der Waals surface area contributed by atoms with Gasteiger partial charge in [-0.05, 0) is 12.8 Å². The van der Waals surface area contributed by atoms with Crippen LogP contribution in [-0.4, -0.2) is 23.2 Å². The minimum absolute atomic E-state index is 0.389. The molecule has 0 aromatic carbocycles. The van der Waals surface area contributed by atoms with Crippen LogP contribution in [0.1, 0.15) is 26.7 Å². The standard InChI is InChI=1S/C10H16N2O2/c1-3-7-13-9-5-6-11-10(12-9)14-8-4-2/h5-6H,3-4,7-8H2,1-2H3. The molecule has 0 aliphatic rings. The van der Waals surface area contributed by atoms with Crippen LogP contribution in [-0.2, 0) is 0 Å². The summed E-state index contributed by atoms with van der Waals surface area (Å²) in [4.78, 5) is 8.06. The Morgan fingerprint density at radius 1 is 1.14 bits per heavy atom. The highest BCUT2D eigenvalue weighted by atomic mass is 16.5. The Kier molecular flexibility index (Phi) is 4.75. The summed E-state index contributed by atoms with van der Waals surface area (Å²) in [5, 5.41) is 0. The van der Waals surface area contributed by atoms with E-state index in [1.807, 2.05) is 6.92 Å². The van der Waals surface area contributed by atoms with Crippen LogP contribution in [0.4, 0.5) is 0 Å². The van der Waals surface area contributed by atoms with Crippen LogP contribution in [0.2, 0.25) is 0 Å². The smallest absolute Gasteiger partial charge is 0.319 e. The van der Waals surface area contributed by atoms with Crippen LogP contribution >= 0.6 is 0 Å². The molecule has 14 heavy (non-hydrogen) atoms. The first-order valence-corrected chi connectivity index (χ1v) is 4.95. The molecule has 1 rings (SSSR count). The highest BCUT2D eigenvalue weighted by Crippen LogP contribution is 2.10. The number of ether oxygens (including phenoxy) is 2. The Balaban J connectivity index is 2.50. The highest BCUT2D eigenvalue weighted by Gasteiger charge is 1.99. The van der Waals surface area contributed by atoms with Crippen LogP contribution in [0, 0.1) is 0 Å². The maximum absolute atomic E-state index is 5.34. The largest absolute Gasteiger partial charge is 0.478 e. The monoisotopic (exact) mass is 196 g/mol. The molecule has 1 aromatic rings. The number of hydrogen-bond donors (Lipinski definition) is 0. The molecule has 0 atom stereocenters. The number of nitrogens with zero attached hydrogens (tertiary/aromatic N) is 2. The van der Waals surface area contributed by atoms with Gasteiger partial charge in [0.1, 0.15) is 0 Å². The summed E-state index contributed by atoms with van der Waals surface area (Å²) in [5.41, 5.74) is 0. The lowest BCUT2D eigenvalue weighted by Gasteiger charge is -2.05. The van der Waals surface area contributed by atoms with Gasteiger partial charge < -0.3 is 9.47 Å². The third kappa shape index (κ3) is 3.60. The van der Waals surface area contributed by atoms with Gasteiger partial charge in [-0.1, -0.05) is 13.8 Å². The van der Waals surface area contributed by atoms with Crippen molar-refractivity contribution in [3.8, 4) is 11.9 Å². The Hall–Kier alpha value is -1.32. The first-order chi connectivity index (χ1) is 6.86. The molecule has 0 spiro atoms. The molecule has 78 valence electrons. The Bertz CT molecular complexity index is 243. The van der Waals surface area contributed by atoms with Gasteiger partial charge in [-0.3, -0.25) is 0 Å². The Morgan fingerprint density at radius 3 is 2.57 bits per heavy atom. The summed E-state index contributed by atoms with van der Waals surface area (Å²) in [6.07, 6.45) is 3.56. The topological polar surface area (TPSA) is 44.2 Å². The molecule has 0 amide bonds. The molecule has 0 unspecified atom stereocenters. The molecule has 4 heteroatoms. The molecule has 4 nitrogen and oxygen atoms in total. The summed E-state index contributed by atoms with van der Waals surface area (Å²) < 4.78 is 10.6. The van der Waals surface area contributed by atoms with E-state index in [4.69, 9.17) is 9.47 Å². The SMILES string of the molecule is CCCOc1ccnc(OCCC)n1. The van der Waals surface area contributed by atoms with Gasteiger partial charge in [0.15, 0.2) is 0 Å². The minimum atomic E-state index is 0.389. The average molecular weight is 196 g/mol. The Labute approximate surface area is 84.3 Å². The zero-order valence-electron chi connectivity index (χ0n) is 8.69. The molecule has 0 fully saturated rings. The van der Waals surface area contributed by atoms with Gasteiger partial charge in [0.05, 0.1) is 13.2 Å². The molecule has 0 saturated carbocycles. The van der Waals surface area contributed by atoms with Crippen LogP contribution in [0.3, 0.4) is 0 Å². The molecule has 0 radical (unpaired) electrons. The zero-order valence-corrected chi connectivity index (χ0v) is 8.69. The van der Waals surface area contributed by atoms with Gasteiger partial charge >= 0.3 is 6.01 Å². The van der Waals surface area contributed by atoms with E-state index in [1.165, 1.54) is 0 Å². The van der Waals surface area contributed by atoms with E-state index in [1.54, 1.807) is 12.3 Å².